The first-order valence-corrected chi connectivity index (χ1v) is 8.08. The van der Waals surface area contributed by atoms with E-state index < -0.39 is 0 Å². The van der Waals surface area contributed by atoms with Crippen molar-refractivity contribution in [3.8, 4) is 0 Å². The second-order valence-corrected chi connectivity index (χ2v) is 7.24. The summed E-state index contributed by atoms with van der Waals surface area (Å²) in [5.41, 5.74) is 0. The predicted molar refractivity (Wildman–Crippen MR) is 80.2 cm³/mol. The molecule has 112 valence electrons. The summed E-state index contributed by atoms with van der Waals surface area (Å²) in [7, 11) is 2.22. The first kappa shape index (κ1) is 15.3. The number of aliphatic hydroxyl groups excluding tert-OH is 1. The van der Waals surface area contributed by atoms with E-state index in [4.69, 9.17) is 0 Å². The second kappa shape index (κ2) is 6.55. The zero-order valence-corrected chi connectivity index (χ0v) is 13.2. The smallest absolute Gasteiger partial charge is 0.0585 e. The molecule has 0 aromatic carbocycles. The standard InChI is InChI=1S/C16H32N2O/c1-12-8-13(2)15(16(19)9-12)11-18-7-5-6-17(4)10-14(18)3/h12-16,19H,5-11H2,1-4H3. The van der Waals surface area contributed by atoms with E-state index in [2.05, 4.69) is 37.6 Å². The lowest BCUT2D eigenvalue weighted by Crippen LogP contribution is -2.46. The molecule has 0 spiro atoms. The van der Waals surface area contributed by atoms with Crippen LogP contribution in [-0.2, 0) is 0 Å². The van der Waals surface area contributed by atoms with Gasteiger partial charge in [0.15, 0.2) is 0 Å². The highest BCUT2D eigenvalue weighted by Gasteiger charge is 2.35. The molecule has 1 saturated heterocycles. The van der Waals surface area contributed by atoms with Gasteiger partial charge in [-0.05, 0) is 58.2 Å². The predicted octanol–water partition coefficient (Wildman–Crippen LogP) is 2.06. The summed E-state index contributed by atoms with van der Waals surface area (Å²) in [6.45, 7) is 11.6. The Bertz CT molecular complexity index is 272. The van der Waals surface area contributed by atoms with Crippen LogP contribution >= 0.6 is 0 Å². The molecule has 5 unspecified atom stereocenters. The summed E-state index contributed by atoms with van der Waals surface area (Å²) in [6.07, 6.45) is 3.45. The molecule has 19 heavy (non-hydrogen) atoms. The average Bonchev–Trinajstić information content (AvgIpc) is 2.45. The van der Waals surface area contributed by atoms with Crippen LogP contribution in [0.1, 0.15) is 40.0 Å². The van der Waals surface area contributed by atoms with Gasteiger partial charge in [-0.3, -0.25) is 4.90 Å². The number of hydrogen-bond acceptors (Lipinski definition) is 3. The van der Waals surface area contributed by atoms with Crippen LogP contribution in [0.3, 0.4) is 0 Å². The summed E-state index contributed by atoms with van der Waals surface area (Å²) in [5, 5.41) is 10.4. The maximum atomic E-state index is 10.4. The Kier molecular flexibility index (Phi) is 5.27. The average molecular weight is 268 g/mol. The Morgan fingerprint density at radius 3 is 2.53 bits per heavy atom. The maximum absolute atomic E-state index is 10.4. The van der Waals surface area contributed by atoms with E-state index >= 15 is 0 Å². The molecule has 2 fully saturated rings. The number of nitrogens with zero attached hydrogens (tertiary/aromatic N) is 2. The fourth-order valence-electron chi connectivity index (χ4n) is 4.14. The van der Waals surface area contributed by atoms with E-state index in [0.29, 0.717) is 23.8 Å². The summed E-state index contributed by atoms with van der Waals surface area (Å²) < 4.78 is 0. The quantitative estimate of drug-likeness (QED) is 0.830. The van der Waals surface area contributed by atoms with Crippen LogP contribution in [0.5, 0.6) is 0 Å². The first-order valence-electron chi connectivity index (χ1n) is 8.08. The molecule has 2 rings (SSSR count). The van der Waals surface area contributed by atoms with Crippen LogP contribution in [0.25, 0.3) is 0 Å². The minimum absolute atomic E-state index is 0.0908. The van der Waals surface area contributed by atoms with Crippen molar-refractivity contribution < 1.29 is 5.11 Å². The molecular weight excluding hydrogens is 236 g/mol. The Labute approximate surface area is 119 Å². The first-order chi connectivity index (χ1) is 8.97. The Hall–Kier alpha value is -0.120. The molecule has 0 bridgehead atoms. The molecule has 3 heteroatoms. The monoisotopic (exact) mass is 268 g/mol. The Balaban J connectivity index is 1.95. The maximum Gasteiger partial charge on any atom is 0.0585 e. The van der Waals surface area contributed by atoms with Crippen LogP contribution in [0.2, 0.25) is 0 Å². The van der Waals surface area contributed by atoms with Crippen molar-refractivity contribution in [3.63, 3.8) is 0 Å². The zero-order valence-electron chi connectivity index (χ0n) is 13.2. The van der Waals surface area contributed by atoms with Crippen molar-refractivity contribution in [2.45, 2.75) is 52.2 Å². The summed E-state index contributed by atoms with van der Waals surface area (Å²) in [6, 6.07) is 0.617. The lowest BCUT2D eigenvalue weighted by atomic mass is 9.73. The molecule has 3 nitrogen and oxygen atoms in total. The minimum Gasteiger partial charge on any atom is -0.393 e. The van der Waals surface area contributed by atoms with Gasteiger partial charge >= 0.3 is 0 Å². The van der Waals surface area contributed by atoms with Gasteiger partial charge in [0.2, 0.25) is 0 Å². The molecule has 2 aliphatic rings. The Morgan fingerprint density at radius 1 is 1.11 bits per heavy atom. The minimum atomic E-state index is -0.0908. The van der Waals surface area contributed by atoms with Crippen LogP contribution in [0.15, 0.2) is 0 Å². The van der Waals surface area contributed by atoms with E-state index in [1.165, 1.54) is 25.9 Å². The topological polar surface area (TPSA) is 26.7 Å². The van der Waals surface area contributed by atoms with Gasteiger partial charge in [-0.2, -0.15) is 0 Å². The van der Waals surface area contributed by atoms with Gasteiger partial charge in [0.25, 0.3) is 0 Å². The van der Waals surface area contributed by atoms with Gasteiger partial charge in [0.1, 0.15) is 0 Å². The van der Waals surface area contributed by atoms with Crippen LogP contribution in [0, 0.1) is 17.8 Å². The van der Waals surface area contributed by atoms with E-state index in [1.807, 2.05) is 0 Å². The van der Waals surface area contributed by atoms with Gasteiger partial charge in [-0.1, -0.05) is 13.8 Å². The van der Waals surface area contributed by atoms with Gasteiger partial charge in [-0.15, -0.1) is 0 Å². The van der Waals surface area contributed by atoms with Crippen LogP contribution in [0.4, 0.5) is 0 Å². The highest BCUT2D eigenvalue weighted by Crippen LogP contribution is 2.34. The molecule has 1 N–H and O–H groups in total. The molecule has 5 atom stereocenters. The van der Waals surface area contributed by atoms with Crippen molar-refractivity contribution in [1.29, 1.82) is 0 Å². The van der Waals surface area contributed by atoms with Crippen LogP contribution < -0.4 is 0 Å². The SMILES string of the molecule is CC1CC(C)C(CN2CCCN(C)CC2C)C(O)C1. The van der Waals surface area contributed by atoms with Crippen molar-refractivity contribution in [2.75, 3.05) is 33.2 Å². The molecule has 1 aliphatic carbocycles. The number of hydrogen-bond donors (Lipinski definition) is 1. The molecule has 0 radical (unpaired) electrons. The van der Waals surface area contributed by atoms with Crippen LogP contribution in [-0.4, -0.2) is 60.3 Å². The summed E-state index contributed by atoms with van der Waals surface area (Å²) in [5.74, 6) is 1.82. The Morgan fingerprint density at radius 2 is 1.84 bits per heavy atom. The third-order valence-corrected chi connectivity index (χ3v) is 5.27. The molecule has 0 amide bonds. The highest BCUT2D eigenvalue weighted by molar-refractivity contribution is 4.87. The largest absolute Gasteiger partial charge is 0.393 e. The molecule has 0 aromatic rings. The molecular formula is C16H32N2O. The third-order valence-electron chi connectivity index (χ3n) is 5.27. The van der Waals surface area contributed by atoms with Gasteiger partial charge in [0.05, 0.1) is 6.10 Å². The number of likely N-dealkylation sites (N-methyl/N-ethyl adjacent to an activating group) is 1. The second-order valence-electron chi connectivity index (χ2n) is 7.24. The fourth-order valence-corrected chi connectivity index (χ4v) is 4.14. The lowest BCUT2D eigenvalue weighted by Gasteiger charge is -2.41. The van der Waals surface area contributed by atoms with E-state index in [1.54, 1.807) is 0 Å². The normalized spacial score (nSPS) is 43.1. The third kappa shape index (κ3) is 3.93. The summed E-state index contributed by atoms with van der Waals surface area (Å²) in [4.78, 5) is 5.05. The lowest BCUT2D eigenvalue weighted by molar-refractivity contribution is -0.00729. The zero-order chi connectivity index (χ0) is 14.0. The molecule has 1 aliphatic heterocycles. The van der Waals surface area contributed by atoms with Crippen molar-refractivity contribution in [3.05, 3.63) is 0 Å². The van der Waals surface area contributed by atoms with Gasteiger partial charge in [-0.25, -0.2) is 0 Å². The van der Waals surface area contributed by atoms with E-state index in [9.17, 15) is 5.11 Å². The van der Waals surface area contributed by atoms with Crippen molar-refractivity contribution >= 4 is 0 Å². The van der Waals surface area contributed by atoms with Crippen molar-refractivity contribution in [2.24, 2.45) is 17.8 Å². The van der Waals surface area contributed by atoms with Gasteiger partial charge < -0.3 is 10.0 Å². The molecule has 0 aromatic heterocycles. The number of aliphatic hydroxyl groups is 1. The molecule has 1 heterocycles. The fraction of sp³-hybridized carbons (Fsp3) is 1.00. The van der Waals surface area contributed by atoms with E-state index in [-0.39, 0.29) is 6.10 Å². The van der Waals surface area contributed by atoms with Crippen molar-refractivity contribution in [1.82, 2.24) is 9.80 Å². The molecule has 1 saturated carbocycles. The van der Waals surface area contributed by atoms with E-state index in [0.717, 1.165) is 19.5 Å². The van der Waals surface area contributed by atoms with Gasteiger partial charge in [0, 0.05) is 25.0 Å². The summed E-state index contributed by atoms with van der Waals surface area (Å²) >= 11 is 0. The number of rotatable bonds is 2. The highest BCUT2D eigenvalue weighted by atomic mass is 16.3.